The molecule has 2 aromatic rings. The standard InChI is InChI=1S/C19H26N2O4/c1-12-6-8-16(24-5)15(10-12)14(3)21-18(22)20-11-19(4,23)17-9-7-13(2)25-17/h6-10,14,23H,11H2,1-5H3,(H2,20,21,22). The summed E-state index contributed by atoms with van der Waals surface area (Å²) in [5, 5.41) is 16.0. The van der Waals surface area contributed by atoms with Gasteiger partial charge in [-0.2, -0.15) is 0 Å². The van der Waals surface area contributed by atoms with E-state index in [9.17, 15) is 9.90 Å². The lowest BCUT2D eigenvalue weighted by molar-refractivity contribution is 0.0359. The molecule has 0 aliphatic rings. The summed E-state index contributed by atoms with van der Waals surface area (Å²) < 4.78 is 10.8. The van der Waals surface area contributed by atoms with Gasteiger partial charge in [0, 0.05) is 5.56 Å². The zero-order chi connectivity index (χ0) is 18.6. The quantitative estimate of drug-likeness (QED) is 0.750. The summed E-state index contributed by atoms with van der Waals surface area (Å²) >= 11 is 0. The average molecular weight is 346 g/mol. The van der Waals surface area contributed by atoms with Gasteiger partial charge in [0.15, 0.2) is 0 Å². The highest BCUT2D eigenvalue weighted by Crippen LogP contribution is 2.26. The molecule has 25 heavy (non-hydrogen) atoms. The molecule has 0 saturated heterocycles. The molecular weight excluding hydrogens is 320 g/mol. The van der Waals surface area contributed by atoms with Crippen molar-refractivity contribution < 1.29 is 19.1 Å². The SMILES string of the molecule is COc1ccc(C)cc1C(C)NC(=O)NCC(C)(O)c1ccc(C)o1. The second-order valence-corrected chi connectivity index (χ2v) is 6.48. The molecule has 0 aliphatic heterocycles. The van der Waals surface area contributed by atoms with Gasteiger partial charge in [-0.3, -0.25) is 0 Å². The zero-order valence-corrected chi connectivity index (χ0v) is 15.3. The van der Waals surface area contributed by atoms with Crippen LogP contribution < -0.4 is 15.4 Å². The second kappa shape index (κ2) is 7.61. The van der Waals surface area contributed by atoms with Crippen molar-refractivity contribution in [2.75, 3.05) is 13.7 Å². The van der Waals surface area contributed by atoms with Gasteiger partial charge in [0.25, 0.3) is 0 Å². The smallest absolute Gasteiger partial charge is 0.315 e. The number of benzene rings is 1. The van der Waals surface area contributed by atoms with Gasteiger partial charge < -0.3 is 24.9 Å². The minimum atomic E-state index is -1.28. The minimum absolute atomic E-state index is 0.0312. The summed E-state index contributed by atoms with van der Waals surface area (Å²) in [5.41, 5.74) is 0.697. The van der Waals surface area contributed by atoms with Crippen LogP contribution in [0.2, 0.25) is 0 Å². The third-order valence-corrected chi connectivity index (χ3v) is 4.06. The van der Waals surface area contributed by atoms with Crippen LogP contribution >= 0.6 is 0 Å². The van der Waals surface area contributed by atoms with Crippen molar-refractivity contribution in [2.45, 2.75) is 39.3 Å². The van der Waals surface area contributed by atoms with Gasteiger partial charge in [-0.15, -0.1) is 0 Å². The van der Waals surface area contributed by atoms with Crippen LogP contribution in [0.4, 0.5) is 4.79 Å². The van der Waals surface area contributed by atoms with E-state index < -0.39 is 5.60 Å². The Kier molecular flexibility index (Phi) is 5.74. The highest BCUT2D eigenvalue weighted by molar-refractivity contribution is 5.74. The monoisotopic (exact) mass is 346 g/mol. The maximum absolute atomic E-state index is 12.2. The fraction of sp³-hybridized carbons (Fsp3) is 0.421. The number of carbonyl (C=O) groups excluding carboxylic acids is 1. The Morgan fingerprint density at radius 1 is 1.32 bits per heavy atom. The van der Waals surface area contributed by atoms with Gasteiger partial charge in [-0.05, 0) is 45.9 Å². The van der Waals surface area contributed by atoms with Crippen LogP contribution in [-0.4, -0.2) is 24.8 Å². The topological polar surface area (TPSA) is 83.7 Å². The predicted molar refractivity (Wildman–Crippen MR) is 95.7 cm³/mol. The number of urea groups is 1. The molecular formula is C19H26N2O4. The number of hydrogen-bond acceptors (Lipinski definition) is 4. The summed E-state index contributed by atoms with van der Waals surface area (Å²) in [6, 6.07) is 8.67. The molecule has 6 heteroatoms. The average Bonchev–Trinajstić information content (AvgIpc) is 3.00. The number of aliphatic hydroxyl groups is 1. The maximum Gasteiger partial charge on any atom is 0.315 e. The lowest BCUT2D eigenvalue weighted by Gasteiger charge is -2.23. The van der Waals surface area contributed by atoms with Crippen molar-refractivity contribution in [3.05, 3.63) is 53.0 Å². The summed E-state index contributed by atoms with van der Waals surface area (Å²) in [4.78, 5) is 12.2. The zero-order valence-electron chi connectivity index (χ0n) is 15.3. The van der Waals surface area contributed by atoms with E-state index in [0.29, 0.717) is 11.5 Å². The van der Waals surface area contributed by atoms with Crippen molar-refractivity contribution >= 4 is 6.03 Å². The minimum Gasteiger partial charge on any atom is -0.496 e. The number of hydrogen-bond donors (Lipinski definition) is 3. The summed E-state index contributed by atoms with van der Waals surface area (Å²) in [7, 11) is 1.60. The van der Waals surface area contributed by atoms with Crippen LogP contribution in [-0.2, 0) is 5.60 Å². The van der Waals surface area contributed by atoms with Gasteiger partial charge in [0.05, 0.1) is 19.7 Å². The van der Waals surface area contributed by atoms with Crippen LogP contribution in [0.5, 0.6) is 5.75 Å². The lowest BCUT2D eigenvalue weighted by atomic mass is 10.0. The molecule has 2 atom stereocenters. The first kappa shape index (κ1) is 18.9. The van der Waals surface area contributed by atoms with E-state index in [1.165, 1.54) is 0 Å². The van der Waals surface area contributed by atoms with E-state index >= 15 is 0 Å². The van der Waals surface area contributed by atoms with Crippen molar-refractivity contribution in [1.29, 1.82) is 0 Å². The van der Waals surface area contributed by atoms with Gasteiger partial charge >= 0.3 is 6.03 Å². The van der Waals surface area contributed by atoms with Gasteiger partial charge in [-0.1, -0.05) is 17.7 Å². The second-order valence-electron chi connectivity index (χ2n) is 6.48. The Morgan fingerprint density at radius 2 is 2.04 bits per heavy atom. The number of nitrogens with one attached hydrogen (secondary N) is 2. The molecule has 1 heterocycles. The van der Waals surface area contributed by atoms with Gasteiger partial charge in [0.2, 0.25) is 0 Å². The van der Waals surface area contributed by atoms with E-state index in [2.05, 4.69) is 10.6 Å². The number of carbonyl (C=O) groups is 1. The first-order chi connectivity index (χ1) is 11.7. The molecule has 1 aromatic carbocycles. The van der Waals surface area contributed by atoms with E-state index in [1.807, 2.05) is 32.0 Å². The van der Waals surface area contributed by atoms with Crippen LogP contribution in [0.15, 0.2) is 34.7 Å². The van der Waals surface area contributed by atoms with E-state index in [0.717, 1.165) is 16.9 Å². The Hall–Kier alpha value is -2.47. The predicted octanol–water partition coefficient (Wildman–Crippen LogP) is 3.17. The first-order valence-electron chi connectivity index (χ1n) is 8.21. The van der Waals surface area contributed by atoms with E-state index in [-0.39, 0.29) is 18.6 Å². The molecule has 136 valence electrons. The number of rotatable bonds is 6. The molecule has 2 rings (SSSR count). The van der Waals surface area contributed by atoms with Gasteiger partial charge in [0.1, 0.15) is 22.9 Å². The Morgan fingerprint density at radius 3 is 2.64 bits per heavy atom. The molecule has 3 N–H and O–H groups in total. The van der Waals surface area contributed by atoms with Crippen LogP contribution in [0, 0.1) is 13.8 Å². The van der Waals surface area contributed by atoms with Crippen LogP contribution in [0.3, 0.4) is 0 Å². The van der Waals surface area contributed by atoms with Crippen LogP contribution in [0.1, 0.15) is 42.5 Å². The fourth-order valence-corrected chi connectivity index (χ4v) is 2.58. The summed E-state index contributed by atoms with van der Waals surface area (Å²) in [5.74, 6) is 1.84. The molecule has 1 aromatic heterocycles. The Balaban J connectivity index is 1.97. The lowest BCUT2D eigenvalue weighted by Crippen LogP contribution is -2.44. The molecule has 0 spiro atoms. The summed E-state index contributed by atoms with van der Waals surface area (Å²) in [6.45, 7) is 7.29. The largest absolute Gasteiger partial charge is 0.496 e. The Bertz CT molecular complexity index is 737. The Labute approximate surface area is 148 Å². The molecule has 0 bridgehead atoms. The number of furan rings is 1. The van der Waals surface area contributed by atoms with Gasteiger partial charge in [-0.25, -0.2) is 4.79 Å². The van der Waals surface area contributed by atoms with E-state index in [1.54, 1.807) is 33.1 Å². The molecule has 6 nitrogen and oxygen atoms in total. The summed E-state index contributed by atoms with van der Waals surface area (Å²) in [6.07, 6.45) is 0. The van der Waals surface area contributed by atoms with Crippen molar-refractivity contribution in [3.63, 3.8) is 0 Å². The number of ether oxygens (including phenoxy) is 1. The highest BCUT2D eigenvalue weighted by atomic mass is 16.5. The number of amides is 2. The van der Waals surface area contributed by atoms with Crippen molar-refractivity contribution in [3.8, 4) is 5.75 Å². The normalized spacial score (nSPS) is 14.5. The maximum atomic E-state index is 12.2. The van der Waals surface area contributed by atoms with E-state index in [4.69, 9.17) is 9.15 Å². The molecule has 0 aliphatic carbocycles. The third-order valence-electron chi connectivity index (χ3n) is 4.06. The third kappa shape index (κ3) is 4.76. The molecule has 0 saturated carbocycles. The number of methoxy groups -OCH3 is 1. The molecule has 2 unspecified atom stereocenters. The van der Waals surface area contributed by atoms with Crippen LogP contribution in [0.25, 0.3) is 0 Å². The number of aryl methyl sites for hydroxylation is 2. The molecule has 0 fully saturated rings. The first-order valence-corrected chi connectivity index (χ1v) is 8.21. The van der Waals surface area contributed by atoms with Crippen molar-refractivity contribution in [1.82, 2.24) is 10.6 Å². The highest BCUT2D eigenvalue weighted by Gasteiger charge is 2.27. The molecule has 2 amide bonds. The van der Waals surface area contributed by atoms with Crippen molar-refractivity contribution in [2.24, 2.45) is 0 Å². The molecule has 0 radical (unpaired) electrons. The fourth-order valence-electron chi connectivity index (χ4n) is 2.58.